The van der Waals surface area contributed by atoms with E-state index in [-0.39, 0.29) is 15.6 Å². The Hall–Kier alpha value is -2.76. The zero-order chi connectivity index (χ0) is 23.9. The number of hydrogen-bond acceptors (Lipinski definition) is 6. The van der Waals surface area contributed by atoms with Crippen molar-refractivity contribution in [3.63, 3.8) is 0 Å². The van der Waals surface area contributed by atoms with Crippen molar-refractivity contribution < 1.29 is 22.0 Å². The number of aryl methyl sites for hydroxylation is 3. The smallest absolute Gasteiger partial charge is 0.286 e. The zero-order valence-corrected chi connectivity index (χ0v) is 19.9. The van der Waals surface area contributed by atoms with E-state index in [0.717, 1.165) is 34.6 Å². The van der Waals surface area contributed by atoms with Crippen LogP contribution in [0, 0.1) is 32.4 Å². The molecule has 1 fully saturated rings. The molecule has 1 N–H and O–H groups in total. The zero-order valence-electron chi connectivity index (χ0n) is 18.2. The number of nitrogens with one attached hydrogen (secondary N) is 1. The number of nitrogens with zero attached hydrogens (tertiary/aromatic N) is 3. The van der Waals surface area contributed by atoms with Crippen LogP contribution >= 0.6 is 11.3 Å². The van der Waals surface area contributed by atoms with Crippen molar-refractivity contribution in [2.24, 2.45) is 0 Å². The Labute approximate surface area is 194 Å². The van der Waals surface area contributed by atoms with Crippen LogP contribution < -0.4 is 5.32 Å². The highest BCUT2D eigenvalue weighted by molar-refractivity contribution is 7.89. The molecule has 33 heavy (non-hydrogen) atoms. The molecule has 0 unspecified atom stereocenters. The molecule has 1 aliphatic rings. The van der Waals surface area contributed by atoms with E-state index in [1.54, 1.807) is 13.0 Å². The average molecular weight is 493 g/mol. The first-order valence-electron chi connectivity index (χ1n) is 10.3. The van der Waals surface area contributed by atoms with Gasteiger partial charge in [0.1, 0.15) is 5.01 Å². The van der Waals surface area contributed by atoms with E-state index in [1.807, 2.05) is 19.9 Å². The first-order chi connectivity index (χ1) is 15.6. The fourth-order valence-corrected chi connectivity index (χ4v) is 6.74. The van der Waals surface area contributed by atoms with Crippen molar-refractivity contribution in [1.82, 2.24) is 14.5 Å². The minimum Gasteiger partial charge on any atom is -0.320 e. The maximum atomic E-state index is 13.5. The molecular formula is C22H22F2N4O3S2. The van der Waals surface area contributed by atoms with E-state index in [0.29, 0.717) is 30.0 Å². The third kappa shape index (κ3) is 4.53. The predicted molar refractivity (Wildman–Crippen MR) is 121 cm³/mol. The summed E-state index contributed by atoms with van der Waals surface area (Å²) in [5.41, 5.74) is 2.66. The van der Waals surface area contributed by atoms with Gasteiger partial charge in [0, 0.05) is 18.3 Å². The Morgan fingerprint density at radius 1 is 1.06 bits per heavy atom. The third-order valence-corrected chi connectivity index (χ3v) is 8.75. The van der Waals surface area contributed by atoms with Crippen LogP contribution in [0.3, 0.4) is 0 Å². The Morgan fingerprint density at radius 2 is 1.79 bits per heavy atom. The Balaban J connectivity index is 1.58. The van der Waals surface area contributed by atoms with Crippen LogP contribution in [-0.2, 0) is 10.0 Å². The molecule has 7 nitrogen and oxygen atoms in total. The summed E-state index contributed by atoms with van der Waals surface area (Å²) < 4.78 is 54.9. The Morgan fingerprint density at radius 3 is 2.52 bits per heavy atom. The molecule has 1 amide bonds. The van der Waals surface area contributed by atoms with Crippen molar-refractivity contribution in [2.75, 3.05) is 11.9 Å². The monoisotopic (exact) mass is 492 g/mol. The van der Waals surface area contributed by atoms with Gasteiger partial charge in [-0.05, 0) is 68.5 Å². The van der Waals surface area contributed by atoms with Gasteiger partial charge in [0.2, 0.25) is 15.0 Å². The molecule has 1 aromatic heterocycles. The van der Waals surface area contributed by atoms with Gasteiger partial charge in [-0.25, -0.2) is 17.2 Å². The standard InChI is InChI=1S/C22H22F2N4O3S2/c1-12-9-14(3)19(10-13(12)2)33(30,31)28-8-4-5-18(28)21-26-27-22(32-21)20(29)25-15-6-7-16(23)17(24)11-15/h6-7,9-11,18H,4-5,8H2,1-3H3,(H,25,29)/t18-/m0/s1. The number of aromatic nitrogens is 2. The van der Waals surface area contributed by atoms with Crippen molar-refractivity contribution in [3.05, 3.63) is 68.7 Å². The van der Waals surface area contributed by atoms with E-state index in [4.69, 9.17) is 0 Å². The topological polar surface area (TPSA) is 92.3 Å². The number of amides is 1. The van der Waals surface area contributed by atoms with Crippen LogP contribution in [0.15, 0.2) is 35.2 Å². The van der Waals surface area contributed by atoms with E-state index in [2.05, 4.69) is 15.5 Å². The van der Waals surface area contributed by atoms with E-state index >= 15 is 0 Å². The number of halogens is 2. The molecule has 2 aromatic carbocycles. The van der Waals surface area contributed by atoms with Crippen molar-refractivity contribution in [1.29, 1.82) is 0 Å². The Bertz CT molecular complexity index is 1340. The van der Waals surface area contributed by atoms with E-state index in [1.165, 1.54) is 10.4 Å². The van der Waals surface area contributed by atoms with Gasteiger partial charge in [0.15, 0.2) is 11.6 Å². The molecule has 0 saturated carbocycles. The minimum absolute atomic E-state index is 0.00124. The van der Waals surface area contributed by atoms with Gasteiger partial charge in [0.25, 0.3) is 5.91 Å². The second kappa shape index (κ2) is 8.88. The Kier molecular flexibility index (Phi) is 6.30. The minimum atomic E-state index is -3.78. The molecule has 0 radical (unpaired) electrons. The van der Waals surface area contributed by atoms with Gasteiger partial charge in [-0.2, -0.15) is 4.31 Å². The van der Waals surface area contributed by atoms with Gasteiger partial charge >= 0.3 is 0 Å². The average Bonchev–Trinajstić information content (AvgIpc) is 3.43. The van der Waals surface area contributed by atoms with Crippen molar-refractivity contribution >= 4 is 33.0 Å². The lowest BCUT2D eigenvalue weighted by Gasteiger charge is -2.23. The van der Waals surface area contributed by atoms with Gasteiger partial charge < -0.3 is 5.32 Å². The highest BCUT2D eigenvalue weighted by atomic mass is 32.2. The van der Waals surface area contributed by atoms with Crippen LogP contribution in [0.5, 0.6) is 0 Å². The molecule has 1 aliphatic heterocycles. The summed E-state index contributed by atoms with van der Waals surface area (Å²) >= 11 is 0.981. The fourth-order valence-electron chi connectivity index (χ4n) is 3.83. The van der Waals surface area contributed by atoms with Crippen LogP contribution in [-0.4, -0.2) is 35.4 Å². The summed E-state index contributed by atoms with van der Waals surface area (Å²) in [7, 11) is -3.78. The normalized spacial score (nSPS) is 16.8. The maximum Gasteiger partial charge on any atom is 0.286 e. The van der Waals surface area contributed by atoms with Crippen molar-refractivity contribution in [2.45, 2.75) is 44.6 Å². The maximum absolute atomic E-state index is 13.5. The molecule has 1 saturated heterocycles. The summed E-state index contributed by atoms with van der Waals surface area (Å²) in [6.07, 6.45) is 1.21. The lowest BCUT2D eigenvalue weighted by atomic mass is 10.1. The fraction of sp³-hybridized carbons (Fsp3) is 0.318. The molecule has 11 heteroatoms. The summed E-state index contributed by atoms with van der Waals surface area (Å²) in [5.74, 6) is -2.74. The number of hydrogen-bond donors (Lipinski definition) is 1. The summed E-state index contributed by atoms with van der Waals surface area (Å²) in [4.78, 5) is 12.8. The number of anilines is 1. The SMILES string of the molecule is Cc1cc(C)c(S(=O)(=O)N2CCC[C@H]2c2nnc(C(=O)Nc3ccc(F)c(F)c3)s2)cc1C. The highest BCUT2D eigenvalue weighted by Gasteiger charge is 2.39. The molecule has 4 rings (SSSR count). The highest BCUT2D eigenvalue weighted by Crippen LogP contribution is 2.38. The van der Waals surface area contributed by atoms with Crippen LogP contribution in [0.1, 0.15) is 50.4 Å². The van der Waals surface area contributed by atoms with Gasteiger partial charge in [0.05, 0.1) is 10.9 Å². The molecular weight excluding hydrogens is 470 g/mol. The first-order valence-corrected chi connectivity index (χ1v) is 12.5. The van der Waals surface area contributed by atoms with E-state index < -0.39 is 33.6 Å². The molecule has 0 aliphatic carbocycles. The molecule has 0 spiro atoms. The number of rotatable bonds is 5. The van der Waals surface area contributed by atoms with Gasteiger partial charge in [-0.1, -0.05) is 17.4 Å². The lowest BCUT2D eigenvalue weighted by Crippen LogP contribution is -2.31. The van der Waals surface area contributed by atoms with Crippen molar-refractivity contribution in [3.8, 4) is 0 Å². The first kappa shape index (κ1) is 23.4. The van der Waals surface area contributed by atoms with Crippen LogP contribution in [0.25, 0.3) is 0 Å². The number of carbonyl (C=O) groups excluding carboxylic acids is 1. The second-order valence-electron chi connectivity index (χ2n) is 8.00. The number of sulfonamides is 1. The molecule has 174 valence electrons. The molecule has 0 bridgehead atoms. The quantitative estimate of drug-likeness (QED) is 0.565. The van der Waals surface area contributed by atoms with Gasteiger partial charge in [-0.3, -0.25) is 4.79 Å². The number of benzene rings is 2. The van der Waals surface area contributed by atoms with Gasteiger partial charge in [-0.15, -0.1) is 10.2 Å². The summed E-state index contributed by atoms with van der Waals surface area (Å²) in [6, 6.07) is 6.03. The second-order valence-corrected chi connectivity index (χ2v) is 10.9. The predicted octanol–water partition coefficient (Wildman–Crippen LogP) is 4.52. The van der Waals surface area contributed by atoms with Crippen LogP contribution in [0.2, 0.25) is 0 Å². The third-order valence-electron chi connectivity index (χ3n) is 5.68. The lowest BCUT2D eigenvalue weighted by molar-refractivity contribution is 0.102. The molecule has 3 aromatic rings. The summed E-state index contributed by atoms with van der Waals surface area (Å²) in [5, 5.41) is 10.8. The summed E-state index contributed by atoms with van der Waals surface area (Å²) in [6.45, 7) is 5.93. The molecule has 1 atom stereocenters. The van der Waals surface area contributed by atoms with Crippen LogP contribution in [0.4, 0.5) is 14.5 Å². The molecule has 2 heterocycles. The largest absolute Gasteiger partial charge is 0.320 e. The van der Waals surface area contributed by atoms with E-state index in [9.17, 15) is 22.0 Å². The number of carbonyl (C=O) groups is 1.